The molecule has 2 amide bonds. The molecule has 6 heteroatoms. The number of pyridine rings is 1. The van der Waals surface area contributed by atoms with Crippen LogP contribution in [0.2, 0.25) is 0 Å². The highest BCUT2D eigenvalue weighted by Gasteiger charge is 2.21. The Morgan fingerprint density at radius 3 is 2.81 bits per heavy atom. The van der Waals surface area contributed by atoms with Gasteiger partial charge in [-0.2, -0.15) is 0 Å². The predicted molar refractivity (Wildman–Crippen MR) is 80.3 cm³/mol. The number of imidazole rings is 1. The number of rotatable bonds is 5. The van der Waals surface area contributed by atoms with Crippen molar-refractivity contribution in [3.05, 3.63) is 48.6 Å². The first-order valence-corrected chi connectivity index (χ1v) is 6.71. The molecule has 0 saturated carbocycles. The molecule has 2 aromatic heterocycles. The maximum atomic E-state index is 12.2. The molecule has 0 fully saturated rings. The Balaban J connectivity index is 2.46. The van der Waals surface area contributed by atoms with E-state index in [2.05, 4.69) is 22.2 Å². The van der Waals surface area contributed by atoms with E-state index in [9.17, 15) is 9.59 Å². The van der Waals surface area contributed by atoms with Crippen molar-refractivity contribution >= 4 is 17.3 Å². The number of aromatic nitrogens is 2. The van der Waals surface area contributed by atoms with E-state index in [0.717, 1.165) is 0 Å². The van der Waals surface area contributed by atoms with Crippen molar-refractivity contribution in [3.63, 3.8) is 0 Å². The summed E-state index contributed by atoms with van der Waals surface area (Å²) < 4.78 is 1.61. The lowest BCUT2D eigenvalue weighted by molar-refractivity contribution is 0.0932. The van der Waals surface area contributed by atoms with Crippen molar-refractivity contribution in [2.24, 2.45) is 0 Å². The van der Waals surface area contributed by atoms with Crippen molar-refractivity contribution < 1.29 is 9.59 Å². The van der Waals surface area contributed by atoms with Crippen LogP contribution in [0.25, 0.3) is 5.52 Å². The second-order valence-corrected chi connectivity index (χ2v) is 4.87. The smallest absolute Gasteiger partial charge is 0.287 e. The largest absolute Gasteiger partial charge is 0.347 e. The van der Waals surface area contributed by atoms with E-state index in [4.69, 9.17) is 0 Å². The third-order valence-electron chi connectivity index (χ3n) is 2.79. The molecule has 2 heterocycles. The lowest BCUT2D eigenvalue weighted by atomic mass is 10.3. The monoisotopic (exact) mass is 286 g/mol. The highest BCUT2D eigenvalue weighted by Crippen LogP contribution is 2.13. The molecule has 110 valence electrons. The van der Waals surface area contributed by atoms with Gasteiger partial charge in [-0.05, 0) is 26.0 Å². The molecular weight excluding hydrogens is 268 g/mol. The lowest BCUT2D eigenvalue weighted by Gasteiger charge is -2.06. The topological polar surface area (TPSA) is 75.5 Å². The van der Waals surface area contributed by atoms with Crippen LogP contribution in [0.3, 0.4) is 0 Å². The minimum absolute atomic E-state index is 0.00777. The number of nitrogens with zero attached hydrogens (tertiary/aromatic N) is 2. The SMILES string of the molecule is C=CCNC(=O)c1nc(C(=O)NC(C)C)n2ccccc12. The van der Waals surface area contributed by atoms with Gasteiger partial charge in [0, 0.05) is 18.8 Å². The first-order valence-electron chi connectivity index (χ1n) is 6.71. The summed E-state index contributed by atoms with van der Waals surface area (Å²) in [5.74, 6) is -0.445. The average Bonchev–Trinajstić information content (AvgIpc) is 2.84. The maximum absolute atomic E-state index is 12.2. The zero-order chi connectivity index (χ0) is 15.4. The predicted octanol–water partition coefficient (Wildman–Crippen LogP) is 1.39. The first kappa shape index (κ1) is 14.8. The van der Waals surface area contributed by atoms with Gasteiger partial charge in [-0.1, -0.05) is 12.1 Å². The Morgan fingerprint density at radius 2 is 2.14 bits per heavy atom. The Morgan fingerprint density at radius 1 is 1.38 bits per heavy atom. The molecule has 6 nitrogen and oxygen atoms in total. The number of carbonyl (C=O) groups is 2. The molecule has 2 N–H and O–H groups in total. The summed E-state index contributed by atoms with van der Waals surface area (Å²) in [6.45, 7) is 7.63. The highest BCUT2D eigenvalue weighted by molar-refractivity contribution is 6.02. The van der Waals surface area contributed by atoms with Gasteiger partial charge in [0.1, 0.15) is 0 Å². The third-order valence-corrected chi connectivity index (χ3v) is 2.79. The molecule has 0 aliphatic carbocycles. The van der Waals surface area contributed by atoms with Crippen LogP contribution in [0.1, 0.15) is 35.0 Å². The van der Waals surface area contributed by atoms with Gasteiger partial charge < -0.3 is 10.6 Å². The van der Waals surface area contributed by atoms with Gasteiger partial charge in [-0.3, -0.25) is 14.0 Å². The van der Waals surface area contributed by atoms with Crippen LogP contribution in [0, 0.1) is 0 Å². The van der Waals surface area contributed by atoms with Crippen LogP contribution in [0.4, 0.5) is 0 Å². The van der Waals surface area contributed by atoms with Crippen LogP contribution in [0.15, 0.2) is 37.1 Å². The summed E-state index contributed by atoms with van der Waals surface area (Å²) in [5.41, 5.74) is 0.819. The number of hydrogen-bond acceptors (Lipinski definition) is 3. The Kier molecular flexibility index (Phi) is 4.37. The van der Waals surface area contributed by atoms with Crippen molar-refractivity contribution in [1.82, 2.24) is 20.0 Å². The van der Waals surface area contributed by atoms with Crippen molar-refractivity contribution in [2.45, 2.75) is 19.9 Å². The van der Waals surface area contributed by atoms with Crippen molar-refractivity contribution in [3.8, 4) is 0 Å². The van der Waals surface area contributed by atoms with Crippen molar-refractivity contribution in [1.29, 1.82) is 0 Å². The van der Waals surface area contributed by atoms with E-state index < -0.39 is 0 Å². The third kappa shape index (κ3) is 3.10. The van der Waals surface area contributed by atoms with Gasteiger partial charge in [0.05, 0.1) is 5.52 Å². The molecule has 0 aliphatic heterocycles. The Labute approximate surface area is 122 Å². The molecule has 2 rings (SSSR count). The quantitative estimate of drug-likeness (QED) is 0.816. The van der Waals surface area contributed by atoms with E-state index in [1.165, 1.54) is 0 Å². The first-order chi connectivity index (χ1) is 10.0. The zero-order valence-electron chi connectivity index (χ0n) is 12.1. The fourth-order valence-electron chi connectivity index (χ4n) is 1.94. The summed E-state index contributed by atoms with van der Waals surface area (Å²) in [6.07, 6.45) is 3.30. The van der Waals surface area contributed by atoms with Crippen LogP contribution in [-0.4, -0.2) is 33.8 Å². The summed E-state index contributed by atoms with van der Waals surface area (Å²) in [4.78, 5) is 28.5. The van der Waals surface area contributed by atoms with Gasteiger partial charge >= 0.3 is 0 Å². The number of carbonyl (C=O) groups excluding carboxylic acids is 2. The Bertz CT molecular complexity index is 688. The van der Waals surface area contributed by atoms with E-state index >= 15 is 0 Å². The highest BCUT2D eigenvalue weighted by atomic mass is 16.2. The molecule has 0 atom stereocenters. The van der Waals surface area contributed by atoms with Crippen LogP contribution in [0.5, 0.6) is 0 Å². The molecule has 0 spiro atoms. The van der Waals surface area contributed by atoms with E-state index in [0.29, 0.717) is 12.1 Å². The lowest BCUT2D eigenvalue weighted by Crippen LogP contribution is -2.31. The van der Waals surface area contributed by atoms with Gasteiger partial charge in [-0.15, -0.1) is 6.58 Å². The summed E-state index contributed by atoms with van der Waals surface area (Å²) in [7, 11) is 0. The molecule has 0 bridgehead atoms. The molecule has 0 saturated heterocycles. The second-order valence-electron chi connectivity index (χ2n) is 4.87. The summed E-state index contributed by atoms with van der Waals surface area (Å²) in [6, 6.07) is 5.33. The molecule has 0 radical (unpaired) electrons. The van der Waals surface area contributed by atoms with Crippen LogP contribution >= 0.6 is 0 Å². The molecule has 2 aromatic rings. The molecule has 21 heavy (non-hydrogen) atoms. The van der Waals surface area contributed by atoms with E-state index in [-0.39, 0.29) is 29.4 Å². The minimum atomic E-state index is -0.331. The van der Waals surface area contributed by atoms with E-state index in [1.807, 2.05) is 13.8 Å². The number of amides is 2. The van der Waals surface area contributed by atoms with Crippen LogP contribution < -0.4 is 10.6 Å². The average molecular weight is 286 g/mol. The van der Waals surface area contributed by atoms with Crippen molar-refractivity contribution in [2.75, 3.05) is 6.54 Å². The zero-order valence-corrected chi connectivity index (χ0v) is 12.1. The van der Waals surface area contributed by atoms with Gasteiger partial charge in [0.25, 0.3) is 11.8 Å². The van der Waals surface area contributed by atoms with Gasteiger partial charge in [0.15, 0.2) is 5.69 Å². The normalized spacial score (nSPS) is 10.6. The van der Waals surface area contributed by atoms with E-state index in [1.54, 1.807) is 34.9 Å². The second kappa shape index (κ2) is 6.21. The summed E-state index contributed by atoms with van der Waals surface area (Å²) >= 11 is 0. The van der Waals surface area contributed by atoms with Gasteiger partial charge in [-0.25, -0.2) is 4.98 Å². The summed E-state index contributed by atoms with van der Waals surface area (Å²) in [5, 5.41) is 5.45. The number of hydrogen-bond donors (Lipinski definition) is 2. The fraction of sp³-hybridized carbons (Fsp3) is 0.267. The Hall–Kier alpha value is -2.63. The molecule has 0 aromatic carbocycles. The molecular formula is C15H18N4O2. The van der Waals surface area contributed by atoms with Crippen LogP contribution in [-0.2, 0) is 0 Å². The molecule has 0 unspecified atom stereocenters. The number of fused-ring (bicyclic) bond motifs is 1. The fourth-order valence-corrected chi connectivity index (χ4v) is 1.94. The molecule has 0 aliphatic rings. The standard InChI is InChI=1S/C15H18N4O2/c1-4-8-16-14(20)12-11-7-5-6-9-19(11)13(18-12)15(21)17-10(2)3/h4-7,9-10H,1,8H2,2-3H3,(H,16,20)(H,17,21). The van der Waals surface area contributed by atoms with Gasteiger partial charge in [0.2, 0.25) is 5.82 Å². The maximum Gasteiger partial charge on any atom is 0.287 e. The number of nitrogens with one attached hydrogen (secondary N) is 2. The minimum Gasteiger partial charge on any atom is -0.347 e.